The van der Waals surface area contributed by atoms with E-state index in [1.807, 2.05) is 0 Å². The third-order valence-corrected chi connectivity index (χ3v) is 6.89. The van der Waals surface area contributed by atoms with E-state index in [0.29, 0.717) is 5.92 Å². The molecule has 1 nitrogen and oxygen atoms in total. The molecule has 0 bridgehead atoms. The van der Waals surface area contributed by atoms with Gasteiger partial charge >= 0.3 is 0 Å². The van der Waals surface area contributed by atoms with Crippen LogP contribution < -0.4 is 0 Å². The molecule has 0 radical (unpaired) electrons. The van der Waals surface area contributed by atoms with E-state index in [9.17, 15) is 0 Å². The van der Waals surface area contributed by atoms with Gasteiger partial charge in [0.2, 0.25) is 0 Å². The minimum atomic E-state index is 0.330. The lowest BCUT2D eigenvalue weighted by Gasteiger charge is -2.20. The molecule has 0 N–H and O–H groups in total. The standard InChI is InChI=1S/C29H31N/c1-17-14-18(2)29(19(3)15-17)30-16-27-25-11-9-8-10-24(25)12-13-26(27)28-22(6)20(4)21(5)23(28)7/h8-16,28H,1-7H3. The van der Waals surface area contributed by atoms with Crippen molar-refractivity contribution < 1.29 is 0 Å². The summed E-state index contributed by atoms with van der Waals surface area (Å²) in [5, 5.41) is 2.53. The maximum Gasteiger partial charge on any atom is 0.0688 e. The fourth-order valence-corrected chi connectivity index (χ4v) is 5.03. The van der Waals surface area contributed by atoms with Gasteiger partial charge in [-0.25, -0.2) is 0 Å². The van der Waals surface area contributed by atoms with Gasteiger partial charge in [0, 0.05) is 17.7 Å². The van der Waals surface area contributed by atoms with Gasteiger partial charge in [-0.05, 0) is 87.1 Å². The summed E-state index contributed by atoms with van der Waals surface area (Å²) in [6.07, 6.45) is 2.10. The SMILES string of the molecule is CC1=C(C)C(c2ccc3ccccc3c2C=Nc2c(C)cc(C)cc2C)C(C)=C1C. The van der Waals surface area contributed by atoms with E-state index in [2.05, 4.69) is 103 Å². The molecule has 0 aromatic heterocycles. The van der Waals surface area contributed by atoms with E-state index in [1.165, 1.54) is 60.9 Å². The number of nitrogens with zero attached hydrogens (tertiary/aromatic N) is 1. The highest BCUT2D eigenvalue weighted by Crippen LogP contribution is 2.45. The van der Waals surface area contributed by atoms with Gasteiger partial charge in [-0.2, -0.15) is 0 Å². The van der Waals surface area contributed by atoms with Crippen molar-refractivity contribution in [3.05, 3.63) is 98.6 Å². The molecule has 0 spiro atoms. The summed E-state index contributed by atoms with van der Waals surface area (Å²) in [7, 11) is 0. The average molecular weight is 394 g/mol. The van der Waals surface area contributed by atoms with Gasteiger partial charge in [0.15, 0.2) is 0 Å². The monoisotopic (exact) mass is 393 g/mol. The second-order valence-electron chi connectivity index (χ2n) is 8.84. The Labute approximate surface area is 180 Å². The average Bonchev–Trinajstić information content (AvgIpc) is 2.90. The molecule has 0 aliphatic heterocycles. The van der Waals surface area contributed by atoms with Crippen LogP contribution in [0.3, 0.4) is 0 Å². The van der Waals surface area contributed by atoms with Crippen LogP contribution in [0.4, 0.5) is 5.69 Å². The minimum absolute atomic E-state index is 0.330. The Kier molecular flexibility index (Phi) is 5.24. The zero-order valence-corrected chi connectivity index (χ0v) is 19.2. The lowest BCUT2D eigenvalue weighted by Crippen LogP contribution is -2.04. The first-order chi connectivity index (χ1) is 14.3. The molecule has 0 saturated carbocycles. The fourth-order valence-electron chi connectivity index (χ4n) is 5.03. The Balaban J connectivity index is 1.94. The quantitative estimate of drug-likeness (QED) is 0.397. The van der Waals surface area contributed by atoms with Crippen LogP contribution in [-0.2, 0) is 0 Å². The number of rotatable bonds is 3. The first kappa shape index (κ1) is 20.3. The lowest BCUT2D eigenvalue weighted by molar-refractivity contribution is 0.936. The van der Waals surface area contributed by atoms with Gasteiger partial charge in [-0.15, -0.1) is 0 Å². The Bertz CT molecular complexity index is 1200. The van der Waals surface area contributed by atoms with Crippen molar-refractivity contribution in [2.75, 3.05) is 0 Å². The smallest absolute Gasteiger partial charge is 0.0688 e. The predicted octanol–water partition coefficient (Wildman–Crippen LogP) is 8.29. The molecule has 0 unspecified atom stereocenters. The molecule has 1 aliphatic rings. The van der Waals surface area contributed by atoms with E-state index >= 15 is 0 Å². The molecular weight excluding hydrogens is 362 g/mol. The van der Waals surface area contributed by atoms with Crippen molar-refractivity contribution in [1.82, 2.24) is 0 Å². The Morgan fingerprint density at radius 3 is 1.97 bits per heavy atom. The molecule has 30 heavy (non-hydrogen) atoms. The van der Waals surface area contributed by atoms with Crippen molar-refractivity contribution in [3.63, 3.8) is 0 Å². The highest BCUT2D eigenvalue weighted by molar-refractivity contribution is 6.02. The van der Waals surface area contributed by atoms with Crippen molar-refractivity contribution in [2.24, 2.45) is 4.99 Å². The van der Waals surface area contributed by atoms with Crippen LogP contribution in [0.2, 0.25) is 0 Å². The normalized spacial score (nSPS) is 15.3. The van der Waals surface area contributed by atoms with Crippen molar-refractivity contribution >= 4 is 22.7 Å². The Morgan fingerprint density at radius 1 is 0.733 bits per heavy atom. The molecule has 4 rings (SSSR count). The van der Waals surface area contributed by atoms with E-state index in [1.54, 1.807) is 0 Å². The van der Waals surface area contributed by atoms with Crippen LogP contribution in [-0.4, -0.2) is 6.21 Å². The molecule has 0 fully saturated rings. The van der Waals surface area contributed by atoms with Gasteiger partial charge in [0.25, 0.3) is 0 Å². The number of benzene rings is 3. The van der Waals surface area contributed by atoms with Gasteiger partial charge in [0.1, 0.15) is 0 Å². The van der Waals surface area contributed by atoms with Crippen LogP contribution in [0.1, 0.15) is 61.4 Å². The molecule has 1 heteroatoms. The summed E-state index contributed by atoms with van der Waals surface area (Å²) in [5.74, 6) is 0.330. The first-order valence-electron chi connectivity index (χ1n) is 10.8. The van der Waals surface area contributed by atoms with Crippen molar-refractivity contribution in [1.29, 1.82) is 0 Å². The number of aryl methyl sites for hydroxylation is 3. The molecule has 0 heterocycles. The summed E-state index contributed by atoms with van der Waals surface area (Å²) in [4.78, 5) is 5.03. The highest BCUT2D eigenvalue weighted by Gasteiger charge is 2.27. The van der Waals surface area contributed by atoms with Crippen molar-refractivity contribution in [2.45, 2.75) is 54.4 Å². The third kappa shape index (κ3) is 3.33. The van der Waals surface area contributed by atoms with E-state index in [4.69, 9.17) is 4.99 Å². The first-order valence-corrected chi connectivity index (χ1v) is 10.8. The zero-order chi connectivity index (χ0) is 21.6. The summed E-state index contributed by atoms with van der Waals surface area (Å²) < 4.78 is 0. The number of allylic oxidation sites excluding steroid dienone is 4. The topological polar surface area (TPSA) is 12.4 Å². The molecule has 3 aromatic carbocycles. The number of aliphatic imine (C=N–C) groups is 1. The van der Waals surface area contributed by atoms with E-state index in [0.717, 1.165) is 5.69 Å². The maximum absolute atomic E-state index is 5.03. The second-order valence-corrected chi connectivity index (χ2v) is 8.84. The molecule has 0 atom stereocenters. The second kappa shape index (κ2) is 7.72. The fraction of sp³-hybridized carbons (Fsp3) is 0.276. The lowest BCUT2D eigenvalue weighted by atomic mass is 9.84. The van der Waals surface area contributed by atoms with Crippen molar-refractivity contribution in [3.8, 4) is 0 Å². The Morgan fingerprint density at radius 2 is 1.33 bits per heavy atom. The van der Waals surface area contributed by atoms with E-state index < -0.39 is 0 Å². The summed E-state index contributed by atoms with van der Waals surface area (Å²) >= 11 is 0. The predicted molar refractivity (Wildman–Crippen MR) is 131 cm³/mol. The summed E-state index contributed by atoms with van der Waals surface area (Å²) in [6.45, 7) is 15.5. The van der Waals surface area contributed by atoms with Crippen LogP contribution in [0.15, 0.2) is 75.8 Å². The molecular formula is C29H31N. The third-order valence-electron chi connectivity index (χ3n) is 6.89. The summed E-state index contributed by atoms with van der Waals surface area (Å²) in [5.41, 5.74) is 13.2. The van der Waals surface area contributed by atoms with Crippen LogP contribution in [0.5, 0.6) is 0 Å². The zero-order valence-electron chi connectivity index (χ0n) is 19.2. The minimum Gasteiger partial charge on any atom is -0.256 e. The largest absolute Gasteiger partial charge is 0.256 e. The van der Waals surface area contributed by atoms with Crippen LogP contribution in [0, 0.1) is 20.8 Å². The Hall–Kier alpha value is -2.93. The molecule has 0 amide bonds. The summed E-state index contributed by atoms with van der Waals surface area (Å²) in [6, 6.07) is 17.6. The molecule has 3 aromatic rings. The van der Waals surface area contributed by atoms with Crippen LogP contribution >= 0.6 is 0 Å². The van der Waals surface area contributed by atoms with Gasteiger partial charge in [-0.1, -0.05) is 65.2 Å². The van der Waals surface area contributed by atoms with Crippen LogP contribution in [0.25, 0.3) is 10.8 Å². The van der Waals surface area contributed by atoms with Gasteiger partial charge in [0.05, 0.1) is 5.69 Å². The van der Waals surface area contributed by atoms with E-state index in [-0.39, 0.29) is 0 Å². The molecule has 1 aliphatic carbocycles. The number of hydrogen-bond acceptors (Lipinski definition) is 1. The van der Waals surface area contributed by atoms with Gasteiger partial charge < -0.3 is 0 Å². The number of hydrogen-bond donors (Lipinski definition) is 0. The van der Waals surface area contributed by atoms with Gasteiger partial charge in [-0.3, -0.25) is 4.99 Å². The number of fused-ring (bicyclic) bond motifs is 1. The maximum atomic E-state index is 5.03. The molecule has 152 valence electrons. The highest BCUT2D eigenvalue weighted by atomic mass is 14.7. The molecule has 0 saturated heterocycles.